The van der Waals surface area contributed by atoms with E-state index in [1.807, 2.05) is 18.5 Å². The zero-order chi connectivity index (χ0) is 17.3. The molecule has 0 atom stereocenters. The molecule has 0 bridgehead atoms. The highest BCUT2D eigenvalue weighted by Gasteiger charge is 2.35. The first kappa shape index (κ1) is 16.2. The molecule has 1 saturated carbocycles. The van der Waals surface area contributed by atoms with Crippen LogP contribution in [-0.2, 0) is 0 Å². The lowest BCUT2D eigenvalue weighted by atomic mass is 9.86. The number of rotatable bonds is 4. The lowest BCUT2D eigenvalue weighted by Gasteiger charge is -2.44. The maximum atomic E-state index is 6.17. The number of benzene rings is 1. The maximum absolute atomic E-state index is 6.17. The molecular formula is C21H23N3OS. The number of piperidine rings is 1. The average Bonchev–Trinajstić information content (AvgIpc) is 3.10. The third-order valence-electron chi connectivity index (χ3n) is 5.57. The van der Waals surface area contributed by atoms with Crippen LogP contribution in [0.2, 0.25) is 0 Å². The SMILES string of the molecule is c1cc2sc(-c3ccc(O[C@H]4C[C@H](N5CCCCC5)C4)cc3)nc2cn1. The quantitative estimate of drug-likeness (QED) is 0.668. The lowest BCUT2D eigenvalue weighted by molar-refractivity contribution is 0.00893. The van der Waals surface area contributed by atoms with Crippen LogP contribution in [0, 0.1) is 0 Å². The molecule has 134 valence electrons. The molecule has 1 aliphatic heterocycles. The van der Waals surface area contributed by atoms with Gasteiger partial charge in [-0.1, -0.05) is 6.42 Å². The number of ether oxygens (including phenoxy) is 1. The Morgan fingerprint density at radius 1 is 1.00 bits per heavy atom. The summed E-state index contributed by atoms with van der Waals surface area (Å²) in [7, 11) is 0. The van der Waals surface area contributed by atoms with Crippen LogP contribution in [0.25, 0.3) is 20.8 Å². The standard InChI is InChI=1S/C21H23N3OS/c1-2-10-24(11-3-1)16-12-18(13-16)25-17-6-4-15(5-7-17)21-23-19-14-22-9-8-20(19)26-21/h4-9,14,16,18H,1-3,10-13H2/t16-,18-. The molecule has 26 heavy (non-hydrogen) atoms. The Bertz CT molecular complexity index is 847. The molecule has 2 fully saturated rings. The van der Waals surface area contributed by atoms with Crippen LogP contribution in [0.3, 0.4) is 0 Å². The van der Waals surface area contributed by atoms with E-state index in [-0.39, 0.29) is 0 Å². The van der Waals surface area contributed by atoms with Gasteiger partial charge in [0.2, 0.25) is 0 Å². The van der Waals surface area contributed by atoms with Crippen LogP contribution in [-0.4, -0.2) is 40.1 Å². The van der Waals surface area contributed by atoms with Gasteiger partial charge in [-0.05, 0) is 56.3 Å². The van der Waals surface area contributed by atoms with Crippen LogP contribution < -0.4 is 4.74 Å². The molecule has 5 heteroatoms. The number of aromatic nitrogens is 2. The van der Waals surface area contributed by atoms with Gasteiger partial charge in [-0.2, -0.15) is 0 Å². The van der Waals surface area contributed by atoms with E-state index in [2.05, 4.69) is 39.1 Å². The van der Waals surface area contributed by atoms with Gasteiger partial charge < -0.3 is 9.64 Å². The highest BCUT2D eigenvalue weighted by atomic mass is 32.1. The second-order valence-corrected chi connectivity index (χ2v) is 8.38. The molecule has 0 unspecified atom stereocenters. The van der Waals surface area contributed by atoms with Crippen molar-refractivity contribution < 1.29 is 4.74 Å². The summed E-state index contributed by atoms with van der Waals surface area (Å²) in [6.07, 6.45) is 10.5. The van der Waals surface area contributed by atoms with Gasteiger partial charge in [-0.15, -0.1) is 11.3 Å². The van der Waals surface area contributed by atoms with Crippen LogP contribution in [0.15, 0.2) is 42.7 Å². The summed E-state index contributed by atoms with van der Waals surface area (Å²) in [5.41, 5.74) is 2.10. The molecule has 0 radical (unpaired) electrons. The maximum Gasteiger partial charge on any atom is 0.124 e. The predicted octanol–water partition coefficient (Wildman–Crippen LogP) is 4.75. The molecule has 0 N–H and O–H groups in total. The Hall–Kier alpha value is -1.98. The Morgan fingerprint density at radius 2 is 1.81 bits per heavy atom. The second-order valence-electron chi connectivity index (χ2n) is 7.35. The van der Waals surface area contributed by atoms with Gasteiger partial charge in [-0.3, -0.25) is 4.98 Å². The van der Waals surface area contributed by atoms with E-state index in [0.29, 0.717) is 6.10 Å². The fourth-order valence-corrected chi connectivity index (χ4v) is 4.93. The van der Waals surface area contributed by atoms with Crippen LogP contribution >= 0.6 is 11.3 Å². The molecule has 5 rings (SSSR count). The zero-order valence-electron chi connectivity index (χ0n) is 14.8. The molecule has 0 amide bonds. The molecule has 1 aromatic carbocycles. The van der Waals surface area contributed by atoms with Crippen molar-refractivity contribution in [2.75, 3.05) is 13.1 Å². The molecule has 3 aromatic rings. The van der Waals surface area contributed by atoms with Crippen LogP contribution in [0.4, 0.5) is 0 Å². The van der Waals surface area contributed by atoms with E-state index in [4.69, 9.17) is 4.74 Å². The van der Waals surface area contributed by atoms with Gasteiger partial charge in [0.1, 0.15) is 22.4 Å². The molecule has 3 heterocycles. The van der Waals surface area contributed by atoms with E-state index < -0.39 is 0 Å². The highest BCUT2D eigenvalue weighted by Crippen LogP contribution is 2.33. The Kier molecular flexibility index (Phi) is 4.35. The summed E-state index contributed by atoms with van der Waals surface area (Å²) in [5.74, 6) is 0.971. The number of fused-ring (bicyclic) bond motifs is 1. The van der Waals surface area contributed by atoms with Crippen molar-refractivity contribution in [2.24, 2.45) is 0 Å². The minimum Gasteiger partial charge on any atom is -0.490 e. The Balaban J connectivity index is 1.20. The summed E-state index contributed by atoms with van der Waals surface area (Å²) in [5, 5.41) is 1.04. The van der Waals surface area contributed by atoms with Crippen molar-refractivity contribution >= 4 is 21.6 Å². The Morgan fingerprint density at radius 3 is 2.58 bits per heavy atom. The summed E-state index contributed by atoms with van der Waals surface area (Å²) in [6, 6.07) is 11.1. The number of hydrogen-bond donors (Lipinski definition) is 0. The van der Waals surface area contributed by atoms with Crippen molar-refractivity contribution in [1.29, 1.82) is 0 Å². The van der Waals surface area contributed by atoms with E-state index in [1.165, 1.54) is 49.9 Å². The molecule has 2 aliphatic rings. The molecule has 1 saturated heterocycles. The van der Waals surface area contributed by atoms with Crippen molar-refractivity contribution in [3.8, 4) is 16.3 Å². The van der Waals surface area contributed by atoms with Gasteiger partial charge in [0, 0.05) is 30.6 Å². The number of hydrogen-bond acceptors (Lipinski definition) is 5. The topological polar surface area (TPSA) is 38.2 Å². The summed E-state index contributed by atoms with van der Waals surface area (Å²) in [6.45, 7) is 2.56. The van der Waals surface area contributed by atoms with E-state index in [1.54, 1.807) is 11.3 Å². The highest BCUT2D eigenvalue weighted by molar-refractivity contribution is 7.21. The summed E-state index contributed by atoms with van der Waals surface area (Å²) in [4.78, 5) is 11.5. The smallest absolute Gasteiger partial charge is 0.124 e. The first-order valence-electron chi connectivity index (χ1n) is 9.57. The third kappa shape index (κ3) is 3.21. The van der Waals surface area contributed by atoms with Gasteiger partial charge >= 0.3 is 0 Å². The van der Waals surface area contributed by atoms with Gasteiger partial charge in [-0.25, -0.2) is 4.98 Å². The normalized spacial score (nSPS) is 23.7. The second kappa shape index (κ2) is 6.97. The van der Waals surface area contributed by atoms with Crippen LogP contribution in [0.1, 0.15) is 32.1 Å². The number of pyridine rings is 1. The minimum atomic E-state index is 0.376. The predicted molar refractivity (Wildman–Crippen MR) is 106 cm³/mol. The Labute approximate surface area is 157 Å². The summed E-state index contributed by atoms with van der Waals surface area (Å²) >= 11 is 1.70. The minimum absolute atomic E-state index is 0.376. The lowest BCUT2D eigenvalue weighted by Crippen LogP contribution is -2.50. The number of nitrogens with zero attached hydrogens (tertiary/aromatic N) is 3. The van der Waals surface area contributed by atoms with Crippen molar-refractivity contribution in [3.05, 3.63) is 42.7 Å². The molecule has 1 aliphatic carbocycles. The van der Waals surface area contributed by atoms with E-state index >= 15 is 0 Å². The fourth-order valence-electron chi connectivity index (χ4n) is 3.99. The van der Waals surface area contributed by atoms with Gasteiger partial charge in [0.15, 0.2) is 0 Å². The monoisotopic (exact) mass is 365 g/mol. The number of thiazole rings is 1. The first-order valence-corrected chi connectivity index (χ1v) is 10.4. The fraction of sp³-hybridized carbons (Fsp3) is 0.429. The van der Waals surface area contributed by atoms with Crippen LogP contribution in [0.5, 0.6) is 5.75 Å². The first-order chi connectivity index (χ1) is 12.8. The molecule has 0 spiro atoms. The van der Waals surface area contributed by atoms with Gasteiger partial charge in [0.25, 0.3) is 0 Å². The molecular weight excluding hydrogens is 342 g/mol. The van der Waals surface area contributed by atoms with Gasteiger partial charge in [0.05, 0.1) is 10.9 Å². The largest absolute Gasteiger partial charge is 0.490 e. The van der Waals surface area contributed by atoms with Crippen molar-refractivity contribution in [2.45, 2.75) is 44.2 Å². The molecule has 4 nitrogen and oxygen atoms in total. The third-order valence-corrected chi connectivity index (χ3v) is 6.66. The number of likely N-dealkylation sites (tertiary alicyclic amines) is 1. The van der Waals surface area contributed by atoms with E-state index in [0.717, 1.165) is 27.9 Å². The molecule has 2 aromatic heterocycles. The van der Waals surface area contributed by atoms with E-state index in [9.17, 15) is 0 Å². The van der Waals surface area contributed by atoms with Crippen molar-refractivity contribution in [1.82, 2.24) is 14.9 Å². The zero-order valence-corrected chi connectivity index (χ0v) is 15.6. The average molecular weight is 366 g/mol. The summed E-state index contributed by atoms with van der Waals surface area (Å²) < 4.78 is 7.34. The van der Waals surface area contributed by atoms with Crippen molar-refractivity contribution in [3.63, 3.8) is 0 Å².